The minimum Gasteiger partial charge on any atom is -0.396 e. The smallest absolute Gasteiger partial charge is 0.177 e. The van der Waals surface area contributed by atoms with Gasteiger partial charge in [0, 0.05) is 34.5 Å². The van der Waals surface area contributed by atoms with E-state index in [1.807, 2.05) is 19.9 Å². The number of hydrogen-bond acceptors (Lipinski definition) is 4. The van der Waals surface area contributed by atoms with Crippen LogP contribution in [0.4, 0.5) is 0 Å². The molecule has 4 heteroatoms. The topological polar surface area (TPSA) is 40.5 Å². The Hall–Kier alpha value is -0.710. The summed E-state index contributed by atoms with van der Waals surface area (Å²) in [4.78, 5) is 17.0. The SMILES string of the molecule is Cc1cc(C(=O)CN(CCCO)C2CCC2)c(C)s1. The average Bonchev–Trinajstić information content (AvgIpc) is 2.63. The molecular weight excluding hydrogens is 258 g/mol. The molecule has 0 aromatic carbocycles. The summed E-state index contributed by atoms with van der Waals surface area (Å²) in [6.07, 6.45) is 4.41. The molecule has 0 spiro atoms. The number of hydrogen-bond donors (Lipinski definition) is 1. The van der Waals surface area contributed by atoms with Crippen molar-refractivity contribution in [2.45, 2.75) is 45.6 Å². The van der Waals surface area contributed by atoms with E-state index < -0.39 is 0 Å². The fraction of sp³-hybridized carbons (Fsp3) is 0.667. The number of carbonyl (C=O) groups excluding carboxylic acids is 1. The highest BCUT2D eigenvalue weighted by Gasteiger charge is 2.26. The molecule has 1 aliphatic rings. The Bertz CT molecular complexity index is 437. The van der Waals surface area contributed by atoms with Gasteiger partial charge in [0.1, 0.15) is 0 Å². The van der Waals surface area contributed by atoms with Crippen molar-refractivity contribution < 1.29 is 9.90 Å². The van der Waals surface area contributed by atoms with Crippen molar-refractivity contribution in [2.24, 2.45) is 0 Å². The van der Waals surface area contributed by atoms with Crippen molar-refractivity contribution in [3.05, 3.63) is 21.4 Å². The third kappa shape index (κ3) is 3.65. The molecule has 1 aliphatic carbocycles. The molecule has 3 nitrogen and oxygen atoms in total. The summed E-state index contributed by atoms with van der Waals surface area (Å²) < 4.78 is 0. The minimum absolute atomic E-state index is 0.202. The number of nitrogens with zero attached hydrogens (tertiary/aromatic N) is 1. The highest BCUT2D eigenvalue weighted by atomic mass is 32.1. The van der Waals surface area contributed by atoms with Gasteiger partial charge in [-0.3, -0.25) is 9.69 Å². The van der Waals surface area contributed by atoms with Gasteiger partial charge in [0.2, 0.25) is 0 Å². The Morgan fingerprint density at radius 1 is 1.47 bits per heavy atom. The zero-order valence-electron chi connectivity index (χ0n) is 11.8. The second kappa shape index (κ2) is 6.64. The number of aryl methyl sites for hydroxylation is 2. The monoisotopic (exact) mass is 281 g/mol. The Kier molecular flexibility index (Phi) is 5.13. The summed E-state index contributed by atoms with van der Waals surface area (Å²) in [5.74, 6) is 0.228. The summed E-state index contributed by atoms with van der Waals surface area (Å²) in [6.45, 7) is 5.60. The second-order valence-corrected chi connectivity index (χ2v) is 6.84. The predicted octanol–water partition coefficient (Wildman–Crippen LogP) is 2.78. The van der Waals surface area contributed by atoms with Crippen molar-refractivity contribution in [3.63, 3.8) is 0 Å². The first kappa shape index (κ1) is 14.7. The normalized spacial score (nSPS) is 15.8. The van der Waals surface area contributed by atoms with Gasteiger partial charge in [0.25, 0.3) is 0 Å². The van der Waals surface area contributed by atoms with Crippen LogP contribution in [0.15, 0.2) is 6.07 Å². The van der Waals surface area contributed by atoms with Gasteiger partial charge in [-0.15, -0.1) is 11.3 Å². The minimum atomic E-state index is 0.202. The number of aliphatic hydroxyl groups is 1. The molecule has 0 aliphatic heterocycles. The lowest BCUT2D eigenvalue weighted by Gasteiger charge is -2.37. The molecular formula is C15H23NO2S. The standard InChI is InChI=1S/C15H23NO2S/c1-11-9-14(12(2)19-11)15(18)10-16(7-4-8-17)13-5-3-6-13/h9,13,17H,3-8,10H2,1-2H3. The molecule has 1 saturated carbocycles. The fourth-order valence-electron chi connectivity index (χ4n) is 2.59. The largest absolute Gasteiger partial charge is 0.396 e. The van der Waals surface area contributed by atoms with Crippen molar-refractivity contribution in [2.75, 3.05) is 19.7 Å². The number of aliphatic hydroxyl groups excluding tert-OH is 1. The molecule has 1 aromatic rings. The van der Waals surface area contributed by atoms with Crippen LogP contribution in [-0.4, -0.2) is 41.5 Å². The third-order valence-electron chi connectivity index (χ3n) is 3.88. The molecule has 1 heterocycles. The molecule has 2 rings (SSSR count). The maximum Gasteiger partial charge on any atom is 0.177 e. The van der Waals surface area contributed by atoms with Crippen LogP contribution in [0.3, 0.4) is 0 Å². The van der Waals surface area contributed by atoms with Crippen LogP contribution in [0.1, 0.15) is 45.8 Å². The van der Waals surface area contributed by atoms with Crippen LogP contribution >= 0.6 is 11.3 Å². The van der Waals surface area contributed by atoms with Crippen LogP contribution < -0.4 is 0 Å². The van der Waals surface area contributed by atoms with Crippen LogP contribution in [0.5, 0.6) is 0 Å². The van der Waals surface area contributed by atoms with Gasteiger partial charge in [0.05, 0.1) is 6.54 Å². The molecule has 0 saturated heterocycles. The lowest BCUT2D eigenvalue weighted by Crippen LogP contribution is -2.43. The van der Waals surface area contributed by atoms with E-state index in [0.29, 0.717) is 12.6 Å². The molecule has 1 fully saturated rings. The van der Waals surface area contributed by atoms with Crippen LogP contribution in [0.2, 0.25) is 0 Å². The summed E-state index contributed by atoms with van der Waals surface area (Å²) in [5.41, 5.74) is 0.885. The second-order valence-electron chi connectivity index (χ2n) is 5.38. The number of carbonyl (C=O) groups is 1. The molecule has 106 valence electrons. The first-order valence-electron chi connectivity index (χ1n) is 7.07. The number of thiophene rings is 1. The lowest BCUT2D eigenvalue weighted by molar-refractivity contribution is 0.0788. The molecule has 0 unspecified atom stereocenters. The Morgan fingerprint density at radius 2 is 2.21 bits per heavy atom. The average molecular weight is 281 g/mol. The van der Waals surface area contributed by atoms with E-state index >= 15 is 0 Å². The van der Waals surface area contributed by atoms with Crippen LogP contribution in [0.25, 0.3) is 0 Å². The van der Waals surface area contributed by atoms with Crippen LogP contribution in [0, 0.1) is 13.8 Å². The van der Waals surface area contributed by atoms with Gasteiger partial charge >= 0.3 is 0 Å². The van der Waals surface area contributed by atoms with Crippen molar-refractivity contribution in [3.8, 4) is 0 Å². The Morgan fingerprint density at radius 3 is 2.68 bits per heavy atom. The summed E-state index contributed by atoms with van der Waals surface area (Å²) in [7, 11) is 0. The van der Waals surface area contributed by atoms with Crippen molar-refractivity contribution in [1.82, 2.24) is 4.90 Å². The molecule has 19 heavy (non-hydrogen) atoms. The molecule has 0 amide bonds. The van der Waals surface area contributed by atoms with Gasteiger partial charge in [0.15, 0.2) is 5.78 Å². The first-order valence-corrected chi connectivity index (χ1v) is 7.88. The third-order valence-corrected chi connectivity index (χ3v) is 4.85. The van der Waals surface area contributed by atoms with E-state index in [1.165, 1.54) is 24.1 Å². The maximum absolute atomic E-state index is 12.4. The van der Waals surface area contributed by atoms with E-state index in [9.17, 15) is 4.79 Å². The van der Waals surface area contributed by atoms with E-state index in [4.69, 9.17) is 5.11 Å². The Labute approximate surface area is 119 Å². The van der Waals surface area contributed by atoms with Crippen molar-refractivity contribution >= 4 is 17.1 Å². The zero-order valence-corrected chi connectivity index (χ0v) is 12.6. The highest BCUT2D eigenvalue weighted by molar-refractivity contribution is 7.12. The van der Waals surface area contributed by atoms with Gasteiger partial charge in [-0.25, -0.2) is 0 Å². The van der Waals surface area contributed by atoms with E-state index in [2.05, 4.69) is 4.90 Å². The number of rotatable bonds is 7. The van der Waals surface area contributed by atoms with Gasteiger partial charge in [-0.1, -0.05) is 6.42 Å². The van der Waals surface area contributed by atoms with E-state index in [-0.39, 0.29) is 12.4 Å². The Balaban J connectivity index is 1.99. The maximum atomic E-state index is 12.4. The molecule has 0 atom stereocenters. The quantitative estimate of drug-likeness (QED) is 0.781. The van der Waals surface area contributed by atoms with Gasteiger partial charge < -0.3 is 5.11 Å². The highest BCUT2D eigenvalue weighted by Crippen LogP contribution is 2.26. The summed E-state index contributed by atoms with van der Waals surface area (Å²) in [5, 5.41) is 8.98. The van der Waals surface area contributed by atoms with E-state index in [0.717, 1.165) is 23.4 Å². The number of ketones is 1. The fourth-order valence-corrected chi connectivity index (χ4v) is 3.54. The first-order chi connectivity index (χ1) is 9.11. The summed E-state index contributed by atoms with van der Waals surface area (Å²) >= 11 is 1.69. The molecule has 0 bridgehead atoms. The summed E-state index contributed by atoms with van der Waals surface area (Å²) in [6, 6.07) is 2.56. The molecule has 0 radical (unpaired) electrons. The van der Waals surface area contributed by atoms with Gasteiger partial charge in [-0.05, 0) is 39.2 Å². The van der Waals surface area contributed by atoms with Crippen molar-refractivity contribution in [1.29, 1.82) is 0 Å². The van der Waals surface area contributed by atoms with Gasteiger partial charge in [-0.2, -0.15) is 0 Å². The number of Topliss-reactive ketones (excluding diaryl/α,β-unsaturated/α-hetero) is 1. The van der Waals surface area contributed by atoms with Crippen LogP contribution in [-0.2, 0) is 0 Å². The lowest BCUT2D eigenvalue weighted by atomic mass is 9.91. The predicted molar refractivity (Wildman–Crippen MR) is 79.0 cm³/mol. The molecule has 1 N–H and O–H groups in total. The molecule has 1 aromatic heterocycles. The van der Waals surface area contributed by atoms with E-state index in [1.54, 1.807) is 11.3 Å². The zero-order chi connectivity index (χ0) is 13.8.